The number of thioether (sulfide) groups is 1. The first-order valence-electron chi connectivity index (χ1n) is 8.87. The number of nitrogens with zero attached hydrogens (tertiary/aromatic N) is 4. The van der Waals surface area contributed by atoms with Crippen LogP contribution in [-0.2, 0) is 0 Å². The van der Waals surface area contributed by atoms with Crippen molar-refractivity contribution in [2.75, 3.05) is 5.73 Å². The van der Waals surface area contributed by atoms with Crippen LogP contribution in [-0.4, -0.2) is 32.1 Å². The summed E-state index contributed by atoms with van der Waals surface area (Å²) in [6.07, 6.45) is 10.9. The molecule has 27 heavy (non-hydrogen) atoms. The molecule has 0 radical (unpaired) electrons. The molecule has 0 unspecified atom stereocenters. The van der Waals surface area contributed by atoms with E-state index >= 15 is 0 Å². The van der Waals surface area contributed by atoms with Gasteiger partial charge in [0.05, 0.1) is 0 Å². The number of fused-ring (bicyclic) bond motifs is 1. The maximum absolute atomic E-state index is 6.57. The third-order valence-corrected chi connectivity index (χ3v) is 7.43. The Hall–Kier alpha value is -2.32. The van der Waals surface area contributed by atoms with Gasteiger partial charge >= 0.3 is 166 Å². The number of thiophene rings is 1. The van der Waals surface area contributed by atoms with Gasteiger partial charge in [-0.2, -0.15) is 0 Å². The van der Waals surface area contributed by atoms with Gasteiger partial charge in [0, 0.05) is 0 Å². The fourth-order valence-corrected chi connectivity index (χ4v) is 5.90. The number of nitrogen functional groups attached to an aromatic ring is 1. The predicted octanol–water partition coefficient (Wildman–Crippen LogP) is 4.38. The van der Waals surface area contributed by atoms with E-state index in [2.05, 4.69) is 15.0 Å². The molecule has 5 nitrogen and oxygen atoms in total. The van der Waals surface area contributed by atoms with Crippen molar-refractivity contribution >= 4 is 45.9 Å². The molecule has 132 valence electrons. The molecule has 4 aromatic heterocycles. The fourth-order valence-electron chi connectivity index (χ4n) is 3.10. The summed E-state index contributed by atoms with van der Waals surface area (Å²) in [5.41, 5.74) is 10.1. The van der Waals surface area contributed by atoms with Crippen LogP contribution in [0.25, 0.3) is 32.9 Å². The minimum absolute atomic E-state index is 0.666. The first-order valence-corrected chi connectivity index (χ1v) is 10.6. The molecule has 4 aromatic rings. The van der Waals surface area contributed by atoms with E-state index in [1.807, 2.05) is 43.0 Å². The van der Waals surface area contributed by atoms with Gasteiger partial charge in [-0.3, -0.25) is 0 Å². The molecule has 1 aliphatic carbocycles. The van der Waals surface area contributed by atoms with Crippen molar-refractivity contribution in [3.63, 3.8) is 0 Å². The van der Waals surface area contributed by atoms with E-state index in [4.69, 9.17) is 10.7 Å². The van der Waals surface area contributed by atoms with E-state index in [1.54, 1.807) is 29.8 Å². The molecule has 0 bridgehead atoms. The fraction of sp³-hybridized carbons (Fsp3) is 0.211. The second-order valence-electron chi connectivity index (χ2n) is 6.52. The molecular weight excluding hydrogens is 373 g/mol. The third kappa shape index (κ3) is 3.13. The topological polar surface area (TPSA) is 77.6 Å². The van der Waals surface area contributed by atoms with Crippen molar-refractivity contribution in [2.45, 2.75) is 28.7 Å². The first kappa shape index (κ1) is 16.8. The van der Waals surface area contributed by atoms with Crippen LogP contribution in [0.2, 0.25) is 0 Å². The summed E-state index contributed by atoms with van der Waals surface area (Å²) in [7, 11) is 0. The molecule has 0 saturated heterocycles. The number of hydrogen-bond acceptors (Lipinski definition) is 7. The van der Waals surface area contributed by atoms with Crippen LogP contribution < -0.4 is 5.73 Å². The quantitative estimate of drug-likeness (QED) is 0.558. The monoisotopic (exact) mass is 389 g/mol. The van der Waals surface area contributed by atoms with E-state index in [0.29, 0.717) is 11.1 Å². The Morgan fingerprint density at radius 1 is 1.22 bits per heavy atom. The molecule has 1 saturated carbocycles. The van der Waals surface area contributed by atoms with Crippen molar-refractivity contribution in [1.82, 2.24) is 19.9 Å². The van der Waals surface area contributed by atoms with Gasteiger partial charge in [0.15, 0.2) is 0 Å². The average Bonchev–Trinajstić information content (AvgIpc) is 3.01. The van der Waals surface area contributed by atoms with Gasteiger partial charge in [0.2, 0.25) is 0 Å². The molecule has 8 heteroatoms. The first-order chi connectivity index (χ1) is 13.3. The zero-order valence-corrected chi connectivity index (χ0v) is 16.1. The Labute approximate surface area is 165 Å². The molecule has 0 atom stereocenters. The average molecular weight is 389 g/mol. The number of rotatable bonds is 4. The Morgan fingerprint density at radius 3 is 2.78 bits per heavy atom. The zero-order valence-electron chi connectivity index (χ0n) is 14.5. The Balaban J connectivity index is 1.72. The molecule has 0 spiro atoms. The summed E-state index contributed by atoms with van der Waals surface area (Å²) in [5.74, 6) is 2.68. The van der Waals surface area contributed by atoms with Crippen molar-refractivity contribution in [3.05, 3.63) is 42.8 Å². The summed E-state index contributed by atoms with van der Waals surface area (Å²) in [6.45, 7) is 1.92. The van der Waals surface area contributed by atoms with Crippen LogP contribution in [0.15, 0.2) is 47.0 Å². The summed E-state index contributed by atoms with van der Waals surface area (Å²) < 4.78 is 1.16. The molecule has 4 heterocycles. The van der Waals surface area contributed by atoms with E-state index in [-0.39, 0.29) is 0 Å². The van der Waals surface area contributed by atoms with Crippen molar-refractivity contribution in [3.8, 4) is 22.6 Å². The van der Waals surface area contributed by atoms with Crippen molar-refractivity contribution in [2.24, 2.45) is 0 Å². The maximum atomic E-state index is 6.57. The SMILES string of the molecule is Nc1c(SC2CCC2)sc2nc(-c3cbcnc3)cc(-c3ncccn3)c12. The molecule has 0 aromatic carbocycles. The van der Waals surface area contributed by atoms with Gasteiger partial charge in [-0.25, -0.2) is 0 Å². The molecule has 5 rings (SSSR count). The van der Waals surface area contributed by atoms with Crippen LogP contribution in [0.4, 0.5) is 5.69 Å². The summed E-state index contributed by atoms with van der Waals surface area (Å²) in [5, 5.41) is 1.63. The molecule has 1 fully saturated rings. The van der Waals surface area contributed by atoms with E-state index < -0.39 is 0 Å². The number of aromatic nitrogens is 4. The van der Waals surface area contributed by atoms with E-state index in [9.17, 15) is 0 Å². The van der Waals surface area contributed by atoms with Gasteiger partial charge in [-0.05, 0) is 0 Å². The summed E-state index contributed by atoms with van der Waals surface area (Å²) >= 11 is 3.56. The standard InChI is InChI=1S/C19H16BN5S2/c21-16-15-13(17-23-5-2-6-24-17)7-14(11-8-20-10-22-9-11)25-18(15)27-19(16)26-12-3-1-4-12/h2,5-10,12H,1,3-4,21H2. The molecule has 0 aliphatic heterocycles. The minimum atomic E-state index is 0.666. The molecule has 0 amide bonds. The van der Waals surface area contributed by atoms with Crippen LogP contribution >= 0.6 is 23.1 Å². The van der Waals surface area contributed by atoms with Gasteiger partial charge in [0.1, 0.15) is 0 Å². The van der Waals surface area contributed by atoms with Crippen LogP contribution in [0.1, 0.15) is 19.3 Å². The molecule has 2 N–H and O–H groups in total. The van der Waals surface area contributed by atoms with Crippen LogP contribution in [0.3, 0.4) is 0 Å². The van der Waals surface area contributed by atoms with Gasteiger partial charge in [-0.1, -0.05) is 0 Å². The summed E-state index contributed by atoms with van der Waals surface area (Å²) in [6, 6.07) is 3.84. The third-order valence-electron chi connectivity index (χ3n) is 4.75. The Morgan fingerprint density at radius 2 is 2.07 bits per heavy atom. The van der Waals surface area contributed by atoms with E-state index in [0.717, 1.165) is 36.9 Å². The number of hydrogen-bond donors (Lipinski definition) is 1. The molecule has 1 aliphatic rings. The summed E-state index contributed by atoms with van der Waals surface area (Å²) in [4.78, 5) is 19.0. The van der Waals surface area contributed by atoms with Crippen LogP contribution in [0, 0.1) is 0 Å². The zero-order chi connectivity index (χ0) is 18.2. The van der Waals surface area contributed by atoms with Crippen molar-refractivity contribution in [1.29, 1.82) is 0 Å². The van der Waals surface area contributed by atoms with Crippen LogP contribution in [0.5, 0.6) is 0 Å². The van der Waals surface area contributed by atoms with Gasteiger partial charge < -0.3 is 0 Å². The van der Waals surface area contributed by atoms with E-state index in [1.165, 1.54) is 19.3 Å². The number of anilines is 1. The Kier molecular flexibility index (Phi) is 4.37. The number of pyridine rings is 1. The second kappa shape index (κ2) is 7.01. The van der Waals surface area contributed by atoms with Crippen molar-refractivity contribution < 1.29 is 0 Å². The van der Waals surface area contributed by atoms with Gasteiger partial charge in [-0.15, -0.1) is 0 Å². The van der Waals surface area contributed by atoms with Gasteiger partial charge in [0.25, 0.3) is 0 Å². The normalized spacial score (nSPS) is 14.2. The number of nitrogens with two attached hydrogens (primary N) is 1. The predicted molar refractivity (Wildman–Crippen MR) is 113 cm³/mol. The second-order valence-corrected chi connectivity index (χ2v) is 9.09. The molecular formula is C19H16BN5S2. The Bertz CT molecular complexity index is 1100.